The largest absolute Gasteiger partial charge is 0.383 e. The monoisotopic (exact) mass is 295 g/mol. The number of aromatic amines is 1. The highest BCUT2D eigenvalue weighted by Crippen LogP contribution is 2.30. The number of fused-ring (bicyclic) bond motifs is 1. The molecule has 0 aliphatic heterocycles. The number of rotatable bonds is 3. The zero-order chi connectivity index (χ0) is 15.9. The Labute approximate surface area is 127 Å². The maximum atomic E-state index is 11.4. The molecule has 0 bridgehead atoms. The van der Waals surface area contributed by atoms with E-state index >= 15 is 0 Å². The summed E-state index contributed by atoms with van der Waals surface area (Å²) < 4.78 is 0. The third-order valence-corrected chi connectivity index (χ3v) is 3.56. The van der Waals surface area contributed by atoms with E-state index in [0.717, 1.165) is 11.3 Å². The quantitative estimate of drug-likeness (QED) is 0.724. The lowest BCUT2D eigenvalue weighted by molar-refractivity contribution is 0.101. The third kappa shape index (κ3) is 2.32. The summed E-state index contributed by atoms with van der Waals surface area (Å²) in [6.07, 6.45) is 0. The number of hydrogen-bond donors (Lipinski definition) is 2. The van der Waals surface area contributed by atoms with Gasteiger partial charge in [-0.25, -0.2) is 9.97 Å². The van der Waals surface area contributed by atoms with Crippen LogP contribution in [0.1, 0.15) is 42.9 Å². The summed E-state index contributed by atoms with van der Waals surface area (Å²) >= 11 is 0. The second-order valence-electron chi connectivity index (χ2n) is 5.55. The highest BCUT2D eigenvalue weighted by Gasteiger charge is 2.16. The first kappa shape index (κ1) is 14.2. The molecule has 1 aromatic carbocycles. The van der Waals surface area contributed by atoms with Gasteiger partial charge in [-0.15, -0.1) is 0 Å². The zero-order valence-corrected chi connectivity index (χ0v) is 12.7. The molecule has 3 rings (SSSR count). The number of hydrogen-bond acceptors (Lipinski definition) is 5. The lowest BCUT2D eigenvalue weighted by Crippen LogP contribution is -2.02. The number of aromatic nitrogens is 4. The number of ketones is 1. The van der Waals surface area contributed by atoms with Gasteiger partial charge in [0.1, 0.15) is 11.6 Å². The van der Waals surface area contributed by atoms with E-state index in [1.165, 1.54) is 0 Å². The minimum atomic E-state index is 0.0328. The number of benzene rings is 1. The highest BCUT2D eigenvalue weighted by molar-refractivity contribution is 5.99. The van der Waals surface area contributed by atoms with E-state index in [1.807, 2.05) is 26.0 Å². The second kappa shape index (κ2) is 5.22. The Morgan fingerprint density at radius 3 is 2.45 bits per heavy atom. The number of anilines is 1. The highest BCUT2D eigenvalue weighted by atomic mass is 16.1. The summed E-state index contributed by atoms with van der Waals surface area (Å²) in [5.41, 5.74) is 8.96. The number of carbonyl (C=O) groups excluding carboxylic acids is 1. The number of nitrogen functional groups attached to an aromatic ring is 1. The molecule has 0 atom stereocenters. The van der Waals surface area contributed by atoms with Gasteiger partial charge in [0.15, 0.2) is 11.4 Å². The van der Waals surface area contributed by atoms with Crippen molar-refractivity contribution in [1.82, 2.24) is 20.2 Å². The molecule has 0 spiro atoms. The van der Waals surface area contributed by atoms with Crippen LogP contribution < -0.4 is 5.73 Å². The lowest BCUT2D eigenvalue weighted by atomic mass is 10.1. The first-order valence-electron chi connectivity index (χ1n) is 7.10. The lowest BCUT2D eigenvalue weighted by Gasteiger charge is -2.06. The van der Waals surface area contributed by atoms with E-state index in [-0.39, 0.29) is 11.7 Å². The molecule has 0 saturated heterocycles. The number of nitrogens with zero attached hydrogens (tertiary/aromatic N) is 3. The Hall–Kier alpha value is -2.76. The molecule has 0 aliphatic carbocycles. The minimum Gasteiger partial charge on any atom is -0.383 e. The van der Waals surface area contributed by atoms with E-state index in [0.29, 0.717) is 28.2 Å². The Morgan fingerprint density at radius 2 is 1.86 bits per heavy atom. The average Bonchev–Trinajstić information content (AvgIpc) is 2.91. The molecule has 0 radical (unpaired) electrons. The molecule has 112 valence electrons. The molecule has 22 heavy (non-hydrogen) atoms. The van der Waals surface area contributed by atoms with Gasteiger partial charge in [-0.1, -0.05) is 38.1 Å². The molecule has 6 nitrogen and oxygen atoms in total. The van der Waals surface area contributed by atoms with Crippen molar-refractivity contribution in [2.75, 3.05) is 5.73 Å². The fourth-order valence-electron chi connectivity index (χ4n) is 2.31. The van der Waals surface area contributed by atoms with Crippen LogP contribution in [0.5, 0.6) is 0 Å². The summed E-state index contributed by atoms with van der Waals surface area (Å²) in [5.74, 6) is 1.30. The Kier molecular flexibility index (Phi) is 3.36. The molecule has 0 fully saturated rings. The fourth-order valence-corrected chi connectivity index (χ4v) is 2.31. The Bertz CT molecular complexity index is 849. The fraction of sp³-hybridized carbons (Fsp3) is 0.250. The Morgan fingerprint density at radius 1 is 1.18 bits per heavy atom. The SMILES string of the molecule is CC(=O)c1ccc(-c2[nH]nc3nc(C(C)C)nc(N)c23)cc1. The van der Waals surface area contributed by atoms with E-state index in [9.17, 15) is 4.79 Å². The van der Waals surface area contributed by atoms with Crippen LogP contribution in [0.15, 0.2) is 24.3 Å². The van der Waals surface area contributed by atoms with Crippen LogP contribution in [-0.4, -0.2) is 25.9 Å². The van der Waals surface area contributed by atoms with Crippen LogP contribution in [0.25, 0.3) is 22.3 Å². The van der Waals surface area contributed by atoms with Crippen molar-refractivity contribution < 1.29 is 4.79 Å². The summed E-state index contributed by atoms with van der Waals surface area (Å²) in [6.45, 7) is 5.56. The van der Waals surface area contributed by atoms with Gasteiger partial charge >= 0.3 is 0 Å². The van der Waals surface area contributed by atoms with Crippen LogP contribution in [0.2, 0.25) is 0 Å². The van der Waals surface area contributed by atoms with Gasteiger partial charge in [-0.05, 0) is 6.92 Å². The Balaban J connectivity index is 2.13. The van der Waals surface area contributed by atoms with Crippen LogP contribution in [0, 0.1) is 0 Å². The van der Waals surface area contributed by atoms with Gasteiger partial charge in [-0.2, -0.15) is 5.10 Å². The standard InChI is InChI=1S/C16H17N5O/c1-8(2)15-18-14(17)12-13(20-21-16(12)19-15)11-6-4-10(5-7-11)9(3)22/h4-8H,1-3H3,(H3,17,18,19,20,21). The van der Waals surface area contributed by atoms with Crippen molar-refractivity contribution in [1.29, 1.82) is 0 Å². The van der Waals surface area contributed by atoms with Crippen molar-refractivity contribution in [3.05, 3.63) is 35.7 Å². The molecular weight excluding hydrogens is 278 g/mol. The van der Waals surface area contributed by atoms with Gasteiger partial charge < -0.3 is 5.73 Å². The number of Topliss-reactive ketones (excluding diaryl/α,β-unsaturated/α-hetero) is 1. The van der Waals surface area contributed by atoms with Gasteiger partial charge in [0.2, 0.25) is 0 Å². The first-order chi connectivity index (χ1) is 10.5. The number of H-pyrrole nitrogens is 1. The van der Waals surface area contributed by atoms with Crippen molar-refractivity contribution in [2.24, 2.45) is 0 Å². The molecule has 0 aliphatic rings. The van der Waals surface area contributed by atoms with Crippen molar-refractivity contribution >= 4 is 22.6 Å². The summed E-state index contributed by atoms with van der Waals surface area (Å²) in [7, 11) is 0. The number of nitrogens with two attached hydrogens (primary N) is 1. The van der Waals surface area contributed by atoms with E-state index in [2.05, 4.69) is 20.2 Å². The number of carbonyl (C=O) groups is 1. The molecule has 3 N–H and O–H groups in total. The van der Waals surface area contributed by atoms with Gasteiger partial charge in [0.05, 0.1) is 11.1 Å². The minimum absolute atomic E-state index is 0.0328. The summed E-state index contributed by atoms with van der Waals surface area (Å²) in [4.78, 5) is 20.1. The predicted molar refractivity (Wildman–Crippen MR) is 85.6 cm³/mol. The van der Waals surface area contributed by atoms with Gasteiger partial charge in [-0.3, -0.25) is 9.89 Å². The molecule has 2 aromatic heterocycles. The van der Waals surface area contributed by atoms with Crippen molar-refractivity contribution in [3.8, 4) is 11.3 Å². The topological polar surface area (TPSA) is 97.5 Å². The van der Waals surface area contributed by atoms with Crippen LogP contribution >= 0.6 is 0 Å². The van der Waals surface area contributed by atoms with E-state index < -0.39 is 0 Å². The smallest absolute Gasteiger partial charge is 0.187 e. The maximum Gasteiger partial charge on any atom is 0.187 e. The normalized spacial score (nSPS) is 11.3. The van der Waals surface area contributed by atoms with Crippen molar-refractivity contribution in [3.63, 3.8) is 0 Å². The predicted octanol–water partition coefficient (Wildman–Crippen LogP) is 2.93. The van der Waals surface area contributed by atoms with Crippen LogP contribution in [0.4, 0.5) is 5.82 Å². The third-order valence-electron chi connectivity index (χ3n) is 3.56. The van der Waals surface area contributed by atoms with Gasteiger partial charge in [0, 0.05) is 17.0 Å². The molecule has 0 amide bonds. The van der Waals surface area contributed by atoms with Gasteiger partial charge in [0.25, 0.3) is 0 Å². The zero-order valence-electron chi connectivity index (χ0n) is 12.7. The summed E-state index contributed by atoms with van der Waals surface area (Å²) in [5, 5.41) is 7.91. The van der Waals surface area contributed by atoms with Crippen LogP contribution in [-0.2, 0) is 0 Å². The molecule has 2 heterocycles. The molecule has 6 heteroatoms. The van der Waals surface area contributed by atoms with Crippen molar-refractivity contribution in [2.45, 2.75) is 26.7 Å². The van der Waals surface area contributed by atoms with E-state index in [1.54, 1.807) is 19.1 Å². The maximum absolute atomic E-state index is 11.4. The first-order valence-corrected chi connectivity index (χ1v) is 7.10. The van der Waals surface area contributed by atoms with E-state index in [4.69, 9.17) is 5.73 Å². The molecule has 0 saturated carbocycles. The average molecular weight is 295 g/mol. The van der Waals surface area contributed by atoms with Crippen LogP contribution in [0.3, 0.4) is 0 Å². The molecule has 3 aromatic rings. The summed E-state index contributed by atoms with van der Waals surface area (Å²) in [6, 6.07) is 7.28. The number of nitrogens with one attached hydrogen (secondary N) is 1. The second-order valence-corrected chi connectivity index (χ2v) is 5.55. The molecular formula is C16H17N5O. The molecule has 0 unspecified atom stereocenters.